The summed E-state index contributed by atoms with van der Waals surface area (Å²) < 4.78 is 74.7. The first-order valence-corrected chi connectivity index (χ1v) is 8.48. The Labute approximate surface area is 143 Å². The van der Waals surface area contributed by atoms with E-state index in [4.69, 9.17) is 8.92 Å². The fourth-order valence-electron chi connectivity index (χ4n) is 1.93. The highest BCUT2D eigenvalue weighted by molar-refractivity contribution is 7.87. The Bertz CT molecular complexity index is 801. The molecule has 0 heterocycles. The molecule has 5 nitrogen and oxygen atoms in total. The van der Waals surface area contributed by atoms with Crippen LogP contribution in [0, 0.1) is 0 Å². The molecule has 0 unspecified atom stereocenters. The van der Waals surface area contributed by atoms with Gasteiger partial charge in [0.05, 0.1) is 6.61 Å². The average molecular weight is 376 g/mol. The number of alkyl halides is 3. The summed E-state index contributed by atoms with van der Waals surface area (Å²) in [6.07, 6.45) is -4.26. The molecule has 25 heavy (non-hydrogen) atoms. The molecule has 0 saturated heterocycles. The van der Waals surface area contributed by atoms with Gasteiger partial charge in [0, 0.05) is 13.2 Å². The van der Waals surface area contributed by atoms with Crippen LogP contribution in [0.25, 0.3) is 0 Å². The molecule has 136 valence electrons. The third-order valence-electron chi connectivity index (χ3n) is 3.05. The molecule has 2 rings (SSSR count). The first kappa shape index (κ1) is 19.1. The lowest BCUT2D eigenvalue weighted by Gasteiger charge is -2.11. The van der Waals surface area contributed by atoms with Crippen molar-refractivity contribution >= 4 is 10.1 Å². The van der Waals surface area contributed by atoms with Crippen molar-refractivity contribution in [3.63, 3.8) is 0 Å². The van der Waals surface area contributed by atoms with E-state index in [9.17, 15) is 21.6 Å². The van der Waals surface area contributed by atoms with Gasteiger partial charge < -0.3 is 13.7 Å². The Morgan fingerprint density at radius 2 is 1.68 bits per heavy atom. The summed E-state index contributed by atoms with van der Waals surface area (Å²) in [7, 11) is -2.72. The molecule has 0 saturated carbocycles. The summed E-state index contributed by atoms with van der Waals surface area (Å²) in [4.78, 5) is -0.447. The van der Waals surface area contributed by atoms with Crippen LogP contribution in [0.15, 0.2) is 53.4 Å². The highest BCUT2D eigenvalue weighted by Crippen LogP contribution is 2.26. The van der Waals surface area contributed by atoms with Gasteiger partial charge in [-0.05, 0) is 36.2 Å². The van der Waals surface area contributed by atoms with Crippen molar-refractivity contribution in [2.75, 3.05) is 13.7 Å². The monoisotopic (exact) mass is 376 g/mol. The molecule has 0 aliphatic heterocycles. The standard InChI is InChI=1S/C16H15F3O5S/c1-22-10-9-12-5-7-13(8-6-12)24-25(20,21)15-4-2-3-14(11-15)23-16(17,18)19/h2-8,11H,9-10H2,1H3. The maximum absolute atomic E-state index is 12.2. The second-order valence-corrected chi connectivity index (χ2v) is 6.49. The third kappa shape index (κ3) is 5.95. The number of halogens is 3. The smallest absolute Gasteiger partial charge is 0.406 e. The quantitative estimate of drug-likeness (QED) is 0.692. The predicted molar refractivity (Wildman–Crippen MR) is 83.0 cm³/mol. The molecule has 2 aromatic carbocycles. The molecule has 0 aliphatic rings. The van der Waals surface area contributed by atoms with Crippen molar-refractivity contribution in [1.29, 1.82) is 0 Å². The van der Waals surface area contributed by atoms with Crippen LogP contribution in [0.5, 0.6) is 11.5 Å². The number of benzene rings is 2. The number of hydrogen-bond donors (Lipinski definition) is 0. The van der Waals surface area contributed by atoms with Gasteiger partial charge in [0.1, 0.15) is 16.4 Å². The van der Waals surface area contributed by atoms with E-state index in [-0.39, 0.29) is 5.75 Å². The minimum Gasteiger partial charge on any atom is -0.406 e. The number of rotatable bonds is 7. The summed E-state index contributed by atoms with van der Waals surface area (Å²) in [6, 6.07) is 10.3. The Balaban J connectivity index is 2.14. The van der Waals surface area contributed by atoms with Crippen LogP contribution < -0.4 is 8.92 Å². The Morgan fingerprint density at radius 1 is 1.00 bits per heavy atom. The number of ether oxygens (including phenoxy) is 2. The van der Waals surface area contributed by atoms with Crippen molar-refractivity contribution < 1.29 is 35.2 Å². The van der Waals surface area contributed by atoms with E-state index in [0.717, 1.165) is 29.8 Å². The van der Waals surface area contributed by atoms with E-state index >= 15 is 0 Å². The molecule has 0 radical (unpaired) electrons. The van der Waals surface area contributed by atoms with Gasteiger partial charge in [-0.25, -0.2) is 0 Å². The molecule has 0 aliphatic carbocycles. The Morgan fingerprint density at radius 3 is 2.28 bits per heavy atom. The van der Waals surface area contributed by atoms with Gasteiger partial charge in [0.25, 0.3) is 0 Å². The second-order valence-electron chi connectivity index (χ2n) is 4.95. The van der Waals surface area contributed by atoms with Crippen LogP contribution >= 0.6 is 0 Å². The minimum atomic E-state index is -4.92. The molecule has 0 atom stereocenters. The van der Waals surface area contributed by atoms with E-state index in [1.807, 2.05) is 0 Å². The van der Waals surface area contributed by atoms with Crippen molar-refractivity contribution in [3.05, 3.63) is 54.1 Å². The SMILES string of the molecule is COCCc1ccc(OS(=O)(=O)c2cccc(OC(F)(F)F)c2)cc1. The topological polar surface area (TPSA) is 61.8 Å². The summed E-state index contributed by atoms with van der Waals surface area (Å²) in [5.41, 5.74) is 0.923. The van der Waals surface area contributed by atoms with Gasteiger partial charge in [-0.2, -0.15) is 8.42 Å². The van der Waals surface area contributed by atoms with Crippen molar-refractivity contribution in [3.8, 4) is 11.5 Å². The predicted octanol–water partition coefficient (Wildman–Crippen LogP) is 3.54. The van der Waals surface area contributed by atoms with Crippen molar-refractivity contribution in [1.82, 2.24) is 0 Å². The lowest BCUT2D eigenvalue weighted by atomic mass is 10.1. The molecule has 9 heteroatoms. The largest absolute Gasteiger partial charge is 0.573 e. The van der Waals surface area contributed by atoms with Crippen LogP contribution in [-0.2, 0) is 21.3 Å². The van der Waals surface area contributed by atoms with Crippen LogP contribution in [-0.4, -0.2) is 28.5 Å². The van der Waals surface area contributed by atoms with E-state index < -0.39 is 27.1 Å². The van der Waals surface area contributed by atoms with Gasteiger partial charge >= 0.3 is 16.5 Å². The van der Waals surface area contributed by atoms with Gasteiger partial charge in [-0.3, -0.25) is 0 Å². The van der Waals surface area contributed by atoms with E-state index in [2.05, 4.69) is 4.74 Å². The molecule has 0 aromatic heterocycles. The van der Waals surface area contributed by atoms with E-state index in [0.29, 0.717) is 13.0 Å². The van der Waals surface area contributed by atoms with Crippen LogP contribution in [0.4, 0.5) is 13.2 Å². The van der Waals surface area contributed by atoms with Crippen molar-refractivity contribution in [2.24, 2.45) is 0 Å². The maximum Gasteiger partial charge on any atom is 0.573 e. The summed E-state index contributed by atoms with van der Waals surface area (Å²) in [5.74, 6) is -0.601. The van der Waals surface area contributed by atoms with Crippen LogP contribution in [0.3, 0.4) is 0 Å². The minimum absolute atomic E-state index is 0.0447. The molecule has 0 spiro atoms. The Kier molecular flexibility index (Phi) is 5.91. The lowest BCUT2D eigenvalue weighted by molar-refractivity contribution is -0.274. The molecular formula is C16H15F3O5S. The fraction of sp³-hybridized carbons (Fsp3) is 0.250. The normalized spacial score (nSPS) is 12.0. The first-order valence-electron chi connectivity index (χ1n) is 7.08. The molecule has 2 aromatic rings. The van der Waals surface area contributed by atoms with Gasteiger partial charge in [-0.15, -0.1) is 13.2 Å². The number of methoxy groups -OCH3 is 1. The molecule has 0 amide bonds. The third-order valence-corrected chi connectivity index (χ3v) is 4.30. The highest BCUT2D eigenvalue weighted by Gasteiger charge is 2.31. The first-order chi connectivity index (χ1) is 11.7. The summed E-state index contributed by atoms with van der Waals surface area (Å²) in [6.45, 7) is 0.518. The number of hydrogen-bond acceptors (Lipinski definition) is 5. The lowest BCUT2D eigenvalue weighted by Crippen LogP contribution is -2.17. The van der Waals surface area contributed by atoms with Crippen LogP contribution in [0.1, 0.15) is 5.56 Å². The van der Waals surface area contributed by atoms with E-state index in [1.54, 1.807) is 19.2 Å². The second kappa shape index (κ2) is 7.75. The fourth-order valence-corrected chi connectivity index (χ4v) is 2.90. The maximum atomic E-state index is 12.2. The zero-order valence-electron chi connectivity index (χ0n) is 13.1. The molecule has 0 bridgehead atoms. The zero-order chi connectivity index (χ0) is 18.5. The zero-order valence-corrected chi connectivity index (χ0v) is 13.9. The summed E-state index contributed by atoms with van der Waals surface area (Å²) in [5, 5.41) is 0. The van der Waals surface area contributed by atoms with Crippen molar-refractivity contribution in [2.45, 2.75) is 17.7 Å². The van der Waals surface area contributed by atoms with Gasteiger partial charge in [0.15, 0.2) is 0 Å². The molecule has 0 fully saturated rings. The Hall–Kier alpha value is -2.26. The van der Waals surface area contributed by atoms with Crippen LogP contribution in [0.2, 0.25) is 0 Å². The van der Waals surface area contributed by atoms with Gasteiger partial charge in [0.2, 0.25) is 0 Å². The molecular weight excluding hydrogens is 361 g/mol. The average Bonchev–Trinajstić information content (AvgIpc) is 2.52. The molecule has 0 N–H and O–H groups in total. The summed E-state index contributed by atoms with van der Waals surface area (Å²) >= 11 is 0. The van der Waals surface area contributed by atoms with E-state index in [1.165, 1.54) is 12.1 Å². The highest BCUT2D eigenvalue weighted by atomic mass is 32.2. The van der Waals surface area contributed by atoms with Gasteiger partial charge in [-0.1, -0.05) is 18.2 Å².